The summed E-state index contributed by atoms with van der Waals surface area (Å²) in [6, 6.07) is 5.32. The Morgan fingerprint density at radius 2 is 2.12 bits per heavy atom. The lowest BCUT2D eigenvalue weighted by atomic mass is 10.1. The van der Waals surface area contributed by atoms with E-state index in [2.05, 4.69) is 26.6 Å². The molecule has 0 bridgehead atoms. The summed E-state index contributed by atoms with van der Waals surface area (Å²) < 4.78 is 5.93. The van der Waals surface area contributed by atoms with Gasteiger partial charge in [0.1, 0.15) is 5.75 Å². The highest BCUT2D eigenvalue weighted by Crippen LogP contribution is 2.28. The van der Waals surface area contributed by atoms with Crippen LogP contribution in [0, 0.1) is 0 Å². The van der Waals surface area contributed by atoms with Crippen LogP contribution in [0.5, 0.6) is 5.75 Å². The Morgan fingerprint density at radius 1 is 1.35 bits per heavy atom. The maximum absolute atomic E-state index is 11.2. The average molecular weight is 299 g/mol. The first-order chi connectivity index (χ1) is 8.11. The van der Waals surface area contributed by atoms with Crippen LogP contribution in [0.15, 0.2) is 22.7 Å². The molecule has 2 N–H and O–H groups in total. The zero-order valence-corrected chi connectivity index (χ0v) is 10.7. The molecule has 1 atom stereocenters. The highest BCUT2D eigenvalue weighted by Gasteiger charge is 2.26. The highest BCUT2D eigenvalue weighted by atomic mass is 79.9. The van der Waals surface area contributed by atoms with Gasteiger partial charge in [-0.3, -0.25) is 9.59 Å². The molecular weight excluding hydrogens is 288 g/mol. The van der Waals surface area contributed by atoms with Crippen LogP contribution >= 0.6 is 15.9 Å². The molecule has 2 amide bonds. The molecule has 17 heavy (non-hydrogen) atoms. The van der Waals surface area contributed by atoms with Crippen molar-refractivity contribution in [1.82, 2.24) is 10.6 Å². The molecule has 0 radical (unpaired) electrons. The molecule has 0 aliphatic carbocycles. The zero-order chi connectivity index (χ0) is 12.4. The Balaban J connectivity index is 2.20. The summed E-state index contributed by atoms with van der Waals surface area (Å²) in [7, 11) is 1.59. The topological polar surface area (TPSA) is 67.4 Å². The van der Waals surface area contributed by atoms with Crippen molar-refractivity contribution in [3.63, 3.8) is 0 Å². The molecule has 5 nitrogen and oxygen atoms in total. The summed E-state index contributed by atoms with van der Waals surface area (Å²) in [5.41, 5.74) is 0.908. The van der Waals surface area contributed by atoms with Crippen LogP contribution in [0.1, 0.15) is 11.6 Å². The zero-order valence-electron chi connectivity index (χ0n) is 9.12. The smallest absolute Gasteiger partial charge is 0.309 e. The van der Waals surface area contributed by atoms with Gasteiger partial charge in [0.15, 0.2) is 0 Å². The van der Waals surface area contributed by atoms with Crippen LogP contribution in [-0.4, -0.2) is 25.5 Å². The summed E-state index contributed by atoms with van der Waals surface area (Å²) in [5, 5.41) is 5.17. The van der Waals surface area contributed by atoms with Crippen molar-refractivity contribution >= 4 is 27.7 Å². The van der Waals surface area contributed by atoms with Gasteiger partial charge >= 0.3 is 11.8 Å². The SMILES string of the molecule is COc1ccc(C2CNC(=O)C(=O)N2)cc1Br. The van der Waals surface area contributed by atoms with Gasteiger partial charge in [0.25, 0.3) is 0 Å². The molecule has 0 spiro atoms. The number of amides is 2. The van der Waals surface area contributed by atoms with Crippen LogP contribution in [0.25, 0.3) is 0 Å². The second-order valence-corrected chi connectivity index (χ2v) is 4.48. The maximum atomic E-state index is 11.2. The summed E-state index contributed by atoms with van der Waals surface area (Å²) in [4.78, 5) is 22.2. The van der Waals surface area contributed by atoms with Crippen LogP contribution in [-0.2, 0) is 9.59 Å². The van der Waals surface area contributed by atoms with E-state index in [-0.39, 0.29) is 6.04 Å². The van der Waals surface area contributed by atoms with Crippen molar-refractivity contribution in [2.45, 2.75) is 6.04 Å². The van der Waals surface area contributed by atoms with Gasteiger partial charge in [0.2, 0.25) is 0 Å². The van der Waals surface area contributed by atoms with Gasteiger partial charge < -0.3 is 15.4 Å². The quantitative estimate of drug-likeness (QED) is 0.792. The Labute approximate surface area is 107 Å². The molecule has 0 saturated carbocycles. The summed E-state index contributed by atoms with van der Waals surface area (Å²) >= 11 is 3.38. The third-order valence-corrected chi connectivity index (χ3v) is 3.18. The molecule has 6 heteroatoms. The number of nitrogens with one attached hydrogen (secondary N) is 2. The molecule has 2 rings (SSSR count). The number of carbonyl (C=O) groups is 2. The lowest BCUT2D eigenvalue weighted by Crippen LogP contribution is -2.51. The minimum Gasteiger partial charge on any atom is -0.496 e. The summed E-state index contributed by atoms with van der Waals surface area (Å²) in [6.07, 6.45) is 0. The fourth-order valence-corrected chi connectivity index (χ4v) is 2.21. The molecule has 1 unspecified atom stereocenters. The monoisotopic (exact) mass is 298 g/mol. The number of hydrogen-bond donors (Lipinski definition) is 2. The molecule has 1 aliphatic heterocycles. The van der Waals surface area contributed by atoms with Crippen molar-refractivity contribution in [1.29, 1.82) is 0 Å². The van der Waals surface area contributed by atoms with Crippen molar-refractivity contribution in [2.75, 3.05) is 13.7 Å². The van der Waals surface area contributed by atoms with Crippen LogP contribution in [0.4, 0.5) is 0 Å². The summed E-state index contributed by atoms with van der Waals surface area (Å²) in [5.74, 6) is -0.470. The number of piperazine rings is 1. The molecule has 0 aromatic heterocycles. The van der Waals surface area contributed by atoms with E-state index in [1.165, 1.54) is 0 Å². The molecular formula is C11H11BrN2O3. The largest absolute Gasteiger partial charge is 0.496 e. The Morgan fingerprint density at radius 3 is 2.71 bits per heavy atom. The molecule has 1 fully saturated rings. The number of carbonyl (C=O) groups excluding carboxylic acids is 2. The highest BCUT2D eigenvalue weighted by molar-refractivity contribution is 9.10. The van der Waals surface area contributed by atoms with E-state index in [0.717, 1.165) is 15.8 Å². The second-order valence-electron chi connectivity index (χ2n) is 3.63. The van der Waals surface area contributed by atoms with E-state index in [1.807, 2.05) is 18.2 Å². The third kappa shape index (κ3) is 2.41. The van der Waals surface area contributed by atoms with Gasteiger partial charge in [-0.1, -0.05) is 6.07 Å². The van der Waals surface area contributed by atoms with E-state index < -0.39 is 11.8 Å². The number of methoxy groups -OCH3 is 1. The van der Waals surface area contributed by atoms with E-state index in [1.54, 1.807) is 7.11 Å². The van der Waals surface area contributed by atoms with Gasteiger partial charge in [-0.15, -0.1) is 0 Å². The Kier molecular flexibility index (Phi) is 3.33. The van der Waals surface area contributed by atoms with Gasteiger partial charge in [-0.05, 0) is 33.6 Å². The predicted molar refractivity (Wildman–Crippen MR) is 64.6 cm³/mol. The number of halogens is 1. The predicted octanol–water partition coefficient (Wildman–Crippen LogP) is 0.745. The molecule has 1 aromatic rings. The van der Waals surface area contributed by atoms with E-state index in [4.69, 9.17) is 4.74 Å². The van der Waals surface area contributed by atoms with Gasteiger partial charge in [0, 0.05) is 6.54 Å². The van der Waals surface area contributed by atoms with Crippen LogP contribution in [0.3, 0.4) is 0 Å². The van der Waals surface area contributed by atoms with Gasteiger partial charge in [-0.25, -0.2) is 0 Å². The first-order valence-electron chi connectivity index (χ1n) is 5.04. The Hall–Kier alpha value is -1.56. The molecule has 1 aliphatic rings. The van der Waals surface area contributed by atoms with E-state index in [9.17, 15) is 9.59 Å². The minimum absolute atomic E-state index is 0.206. The van der Waals surface area contributed by atoms with Crippen molar-refractivity contribution in [3.05, 3.63) is 28.2 Å². The molecule has 90 valence electrons. The second kappa shape index (κ2) is 4.75. The van der Waals surface area contributed by atoms with E-state index in [0.29, 0.717) is 6.54 Å². The molecule has 1 aromatic carbocycles. The molecule has 1 heterocycles. The van der Waals surface area contributed by atoms with Crippen LogP contribution in [0.2, 0.25) is 0 Å². The van der Waals surface area contributed by atoms with Gasteiger partial charge in [-0.2, -0.15) is 0 Å². The van der Waals surface area contributed by atoms with Crippen LogP contribution < -0.4 is 15.4 Å². The van der Waals surface area contributed by atoms with E-state index >= 15 is 0 Å². The molecule has 1 saturated heterocycles. The maximum Gasteiger partial charge on any atom is 0.309 e. The first-order valence-corrected chi connectivity index (χ1v) is 5.83. The fourth-order valence-electron chi connectivity index (χ4n) is 1.65. The third-order valence-electron chi connectivity index (χ3n) is 2.56. The standard InChI is InChI=1S/C11H11BrN2O3/c1-17-9-3-2-6(4-7(9)12)8-5-13-10(15)11(16)14-8/h2-4,8H,5H2,1H3,(H,13,15)(H,14,16). The lowest BCUT2D eigenvalue weighted by Gasteiger charge is -2.24. The Bertz CT molecular complexity index is 476. The van der Waals surface area contributed by atoms with Crippen molar-refractivity contribution < 1.29 is 14.3 Å². The van der Waals surface area contributed by atoms with Crippen molar-refractivity contribution in [3.8, 4) is 5.75 Å². The van der Waals surface area contributed by atoms with Crippen molar-refractivity contribution in [2.24, 2.45) is 0 Å². The number of benzene rings is 1. The average Bonchev–Trinajstić information content (AvgIpc) is 2.32. The fraction of sp³-hybridized carbons (Fsp3) is 0.273. The lowest BCUT2D eigenvalue weighted by molar-refractivity contribution is -0.141. The number of hydrogen-bond acceptors (Lipinski definition) is 3. The number of ether oxygens (including phenoxy) is 1. The first kappa shape index (κ1) is 11.9. The van der Waals surface area contributed by atoms with Gasteiger partial charge in [0.05, 0.1) is 17.6 Å². The number of rotatable bonds is 2. The minimum atomic E-state index is -0.604. The normalized spacial score (nSPS) is 19.5. The summed E-state index contributed by atoms with van der Waals surface area (Å²) in [6.45, 7) is 0.392.